The molecular weight excluding hydrogens is 550 g/mol. The molecule has 12 heteroatoms. The van der Waals surface area contributed by atoms with Gasteiger partial charge in [0.15, 0.2) is 0 Å². The second kappa shape index (κ2) is 13.3. The van der Waals surface area contributed by atoms with Crippen LogP contribution in [0, 0.1) is 0 Å². The van der Waals surface area contributed by atoms with Crippen molar-refractivity contribution in [3.8, 4) is 11.5 Å². The van der Waals surface area contributed by atoms with Gasteiger partial charge in [-0.1, -0.05) is 41.6 Å². The van der Waals surface area contributed by atoms with Crippen molar-refractivity contribution >= 4 is 28.9 Å². The number of nitrogens with one attached hydrogen (secondary N) is 1. The van der Waals surface area contributed by atoms with E-state index in [1.807, 2.05) is 48.5 Å². The first-order chi connectivity index (χ1) is 20.8. The third-order valence-corrected chi connectivity index (χ3v) is 7.53. The Morgan fingerprint density at radius 3 is 2.49 bits per heavy atom. The number of ether oxygens (including phenoxy) is 2. The van der Waals surface area contributed by atoms with E-state index in [0.717, 1.165) is 16.6 Å². The normalized spacial score (nSPS) is 15.7. The molecule has 224 valence electrons. The van der Waals surface area contributed by atoms with Gasteiger partial charge in [-0.3, -0.25) is 9.59 Å². The smallest absolute Gasteiger partial charge is 0.415 e. The molecule has 1 aromatic heterocycles. The van der Waals surface area contributed by atoms with E-state index in [4.69, 9.17) is 15.2 Å². The van der Waals surface area contributed by atoms with Crippen LogP contribution in [0.25, 0.3) is 11.0 Å². The molecule has 3 N–H and O–H groups in total. The molecule has 0 bridgehead atoms. The van der Waals surface area contributed by atoms with Gasteiger partial charge < -0.3 is 30.3 Å². The monoisotopic (exact) mass is 585 g/mol. The number of nitrogens with zero attached hydrogens (tertiary/aromatic N) is 5. The topological polar surface area (TPSA) is 145 Å². The molecule has 0 saturated carbocycles. The Bertz CT molecular complexity index is 1570. The van der Waals surface area contributed by atoms with Crippen molar-refractivity contribution in [2.24, 2.45) is 12.8 Å². The fraction of sp³-hybridized carbons (Fsp3) is 0.323. The molecule has 43 heavy (non-hydrogen) atoms. The molecule has 3 aromatic carbocycles. The zero-order chi connectivity index (χ0) is 30.3. The van der Waals surface area contributed by atoms with E-state index in [1.165, 1.54) is 9.80 Å². The fourth-order valence-corrected chi connectivity index (χ4v) is 5.05. The van der Waals surface area contributed by atoms with Crippen molar-refractivity contribution in [1.29, 1.82) is 0 Å². The molecule has 2 heterocycles. The van der Waals surface area contributed by atoms with Crippen LogP contribution < -0.4 is 20.5 Å². The maximum atomic E-state index is 13.6. The molecule has 1 aliphatic rings. The Kier molecular flexibility index (Phi) is 9.16. The molecule has 3 amide bonds. The predicted molar refractivity (Wildman–Crippen MR) is 159 cm³/mol. The number of benzene rings is 3. The Labute approximate surface area is 249 Å². The fourth-order valence-electron chi connectivity index (χ4n) is 5.05. The highest BCUT2D eigenvalue weighted by atomic mass is 16.6. The third kappa shape index (κ3) is 7.09. The van der Waals surface area contributed by atoms with Crippen LogP contribution in [-0.2, 0) is 29.6 Å². The molecule has 0 aliphatic carbocycles. The van der Waals surface area contributed by atoms with Gasteiger partial charge in [-0.15, -0.1) is 5.10 Å². The number of carbonyl (C=O) groups excluding carboxylic acids is 3. The van der Waals surface area contributed by atoms with Gasteiger partial charge in [0.25, 0.3) is 0 Å². The van der Waals surface area contributed by atoms with Crippen LogP contribution in [0.1, 0.15) is 17.5 Å². The minimum Gasteiger partial charge on any atom is -0.497 e. The van der Waals surface area contributed by atoms with Crippen LogP contribution in [0.2, 0.25) is 0 Å². The molecule has 5 rings (SSSR count). The van der Waals surface area contributed by atoms with Gasteiger partial charge in [-0.2, -0.15) is 0 Å². The predicted octanol–water partition coefficient (Wildman–Crippen LogP) is 2.26. The number of carbonyl (C=O) groups is 3. The maximum Gasteiger partial charge on any atom is 0.415 e. The zero-order valence-corrected chi connectivity index (χ0v) is 24.2. The van der Waals surface area contributed by atoms with Crippen LogP contribution in [0.15, 0.2) is 72.8 Å². The SMILES string of the molecule is COc1ccc(OC(=O)N2CCN(C(=O)C(N)CCc3ccccc3)C(C(=O)NCc3ccc4c(c3)nnn4C)C2)cc1. The van der Waals surface area contributed by atoms with Crippen LogP contribution in [0.3, 0.4) is 0 Å². The van der Waals surface area contributed by atoms with Crippen LogP contribution in [0.4, 0.5) is 4.79 Å². The van der Waals surface area contributed by atoms with Gasteiger partial charge in [-0.25, -0.2) is 9.48 Å². The van der Waals surface area contributed by atoms with E-state index in [0.29, 0.717) is 29.9 Å². The standard InChI is InChI=1S/C31H35N7O5/c1-36-27-15-9-22(18-26(27)34-35-36)19-33-29(39)28-20-37(31(41)43-24-12-10-23(42-2)11-13-24)16-17-38(28)30(40)25(32)14-8-21-6-4-3-5-7-21/h3-7,9-13,15,18,25,28H,8,14,16-17,19-20,32H2,1-2H3,(H,33,39). The average Bonchev–Trinajstić information content (AvgIpc) is 3.42. The minimum atomic E-state index is -0.951. The van der Waals surface area contributed by atoms with Crippen LogP contribution in [-0.4, -0.2) is 81.5 Å². The first-order valence-corrected chi connectivity index (χ1v) is 14.1. The largest absolute Gasteiger partial charge is 0.497 e. The van der Waals surface area contributed by atoms with Crippen molar-refractivity contribution in [2.45, 2.75) is 31.5 Å². The summed E-state index contributed by atoms with van der Waals surface area (Å²) < 4.78 is 12.4. The molecule has 1 fully saturated rings. The lowest BCUT2D eigenvalue weighted by Gasteiger charge is -2.40. The van der Waals surface area contributed by atoms with Gasteiger partial charge >= 0.3 is 6.09 Å². The summed E-state index contributed by atoms with van der Waals surface area (Å²) in [5.74, 6) is 0.239. The summed E-state index contributed by atoms with van der Waals surface area (Å²) in [6.45, 7) is 0.500. The Hall–Kier alpha value is -4.97. The lowest BCUT2D eigenvalue weighted by Crippen LogP contribution is -2.64. The van der Waals surface area contributed by atoms with E-state index < -0.39 is 24.1 Å². The summed E-state index contributed by atoms with van der Waals surface area (Å²) in [5, 5.41) is 11.1. The number of hydrogen-bond acceptors (Lipinski definition) is 8. The van der Waals surface area contributed by atoms with Gasteiger partial charge in [-0.05, 0) is 60.4 Å². The zero-order valence-electron chi connectivity index (χ0n) is 24.2. The van der Waals surface area contributed by atoms with E-state index in [9.17, 15) is 14.4 Å². The van der Waals surface area contributed by atoms with Crippen LogP contribution in [0.5, 0.6) is 11.5 Å². The Morgan fingerprint density at radius 2 is 1.74 bits per heavy atom. The first-order valence-electron chi connectivity index (χ1n) is 14.1. The number of hydrogen-bond donors (Lipinski definition) is 2. The quantitative estimate of drug-likeness (QED) is 0.304. The minimum absolute atomic E-state index is 0.0405. The van der Waals surface area contributed by atoms with E-state index in [2.05, 4.69) is 15.6 Å². The highest BCUT2D eigenvalue weighted by Crippen LogP contribution is 2.20. The number of fused-ring (bicyclic) bond motifs is 1. The average molecular weight is 586 g/mol. The number of amides is 3. The molecule has 0 spiro atoms. The molecule has 2 unspecified atom stereocenters. The summed E-state index contributed by atoms with van der Waals surface area (Å²) in [5.41, 5.74) is 9.82. The van der Waals surface area contributed by atoms with Gasteiger partial charge in [0.05, 0.1) is 25.2 Å². The van der Waals surface area contributed by atoms with E-state index >= 15 is 0 Å². The lowest BCUT2D eigenvalue weighted by molar-refractivity contribution is -0.144. The van der Waals surface area contributed by atoms with Crippen molar-refractivity contribution in [1.82, 2.24) is 30.1 Å². The summed E-state index contributed by atoms with van der Waals surface area (Å²) in [6.07, 6.45) is 0.440. The van der Waals surface area contributed by atoms with Crippen LogP contribution >= 0.6 is 0 Å². The first kappa shape index (κ1) is 29.5. The lowest BCUT2D eigenvalue weighted by atomic mass is 10.0. The number of aryl methyl sites for hydroxylation is 2. The molecule has 2 atom stereocenters. The molecule has 12 nitrogen and oxygen atoms in total. The van der Waals surface area contributed by atoms with E-state index in [1.54, 1.807) is 43.1 Å². The number of rotatable bonds is 9. The van der Waals surface area contributed by atoms with Gasteiger partial charge in [0.1, 0.15) is 23.1 Å². The van der Waals surface area contributed by atoms with Crippen molar-refractivity contribution in [3.05, 3.63) is 83.9 Å². The maximum absolute atomic E-state index is 13.6. The van der Waals surface area contributed by atoms with Gasteiger partial charge in [0.2, 0.25) is 11.8 Å². The van der Waals surface area contributed by atoms with Crippen molar-refractivity contribution < 1.29 is 23.9 Å². The molecule has 1 saturated heterocycles. The number of nitrogens with two attached hydrogens (primary N) is 1. The number of aromatic nitrogens is 3. The Morgan fingerprint density at radius 1 is 1.00 bits per heavy atom. The molecule has 1 aliphatic heterocycles. The third-order valence-electron chi connectivity index (χ3n) is 7.53. The highest BCUT2D eigenvalue weighted by molar-refractivity contribution is 5.91. The van der Waals surface area contributed by atoms with Crippen molar-refractivity contribution in [3.63, 3.8) is 0 Å². The summed E-state index contributed by atoms with van der Waals surface area (Å²) in [7, 11) is 3.36. The number of methoxy groups -OCH3 is 1. The van der Waals surface area contributed by atoms with Crippen molar-refractivity contribution in [2.75, 3.05) is 26.7 Å². The second-order valence-electron chi connectivity index (χ2n) is 10.4. The summed E-state index contributed by atoms with van der Waals surface area (Å²) in [6, 6.07) is 20.3. The second-order valence-corrected chi connectivity index (χ2v) is 10.4. The molecular formula is C31H35N7O5. The molecule has 4 aromatic rings. The highest BCUT2D eigenvalue weighted by Gasteiger charge is 2.39. The number of piperazine rings is 1. The summed E-state index contributed by atoms with van der Waals surface area (Å²) >= 11 is 0. The summed E-state index contributed by atoms with van der Waals surface area (Å²) in [4.78, 5) is 43.1. The van der Waals surface area contributed by atoms with Gasteiger partial charge in [0, 0.05) is 26.7 Å². The van der Waals surface area contributed by atoms with E-state index in [-0.39, 0.29) is 32.1 Å². The Balaban J connectivity index is 1.28. The molecule has 0 radical (unpaired) electrons.